The standard InChI is InChI=1S/C14H20N2O4S/c1-10-8-21-13(20)16(10)7-11(17)15-9-14(12(18)19)5-3-2-4-6-14/h8H,2-7,9H2,1H3,(H,15,17)(H,18,19). The fourth-order valence-electron chi connectivity index (χ4n) is 2.76. The molecule has 1 aromatic heterocycles. The van der Waals surface area contributed by atoms with Crippen molar-refractivity contribution in [3.8, 4) is 0 Å². The van der Waals surface area contributed by atoms with Gasteiger partial charge >= 0.3 is 10.8 Å². The molecule has 0 radical (unpaired) electrons. The molecule has 1 heterocycles. The van der Waals surface area contributed by atoms with E-state index in [9.17, 15) is 19.5 Å². The maximum atomic E-state index is 12.0. The number of aromatic nitrogens is 1. The van der Waals surface area contributed by atoms with Crippen LogP contribution in [0.25, 0.3) is 0 Å². The van der Waals surface area contributed by atoms with Crippen LogP contribution >= 0.6 is 11.3 Å². The van der Waals surface area contributed by atoms with Crippen LogP contribution in [0.15, 0.2) is 10.2 Å². The number of carbonyl (C=O) groups is 2. The molecule has 21 heavy (non-hydrogen) atoms. The molecule has 1 aliphatic carbocycles. The number of carboxylic acids is 1. The minimum Gasteiger partial charge on any atom is -0.481 e. The van der Waals surface area contributed by atoms with Gasteiger partial charge in [-0.05, 0) is 19.8 Å². The summed E-state index contributed by atoms with van der Waals surface area (Å²) in [6, 6.07) is 0. The summed E-state index contributed by atoms with van der Waals surface area (Å²) in [4.78, 5) is 34.9. The largest absolute Gasteiger partial charge is 0.481 e. The summed E-state index contributed by atoms with van der Waals surface area (Å²) in [5.74, 6) is -1.16. The quantitative estimate of drug-likeness (QED) is 0.859. The Balaban J connectivity index is 1.96. The first-order valence-corrected chi connectivity index (χ1v) is 7.98. The first-order valence-electron chi connectivity index (χ1n) is 7.10. The van der Waals surface area contributed by atoms with Crippen LogP contribution in [0.1, 0.15) is 37.8 Å². The monoisotopic (exact) mass is 312 g/mol. The van der Waals surface area contributed by atoms with Crippen LogP contribution in [0.5, 0.6) is 0 Å². The Labute approximate surface area is 126 Å². The van der Waals surface area contributed by atoms with Crippen molar-refractivity contribution in [2.24, 2.45) is 5.41 Å². The van der Waals surface area contributed by atoms with Crippen molar-refractivity contribution in [1.29, 1.82) is 0 Å². The van der Waals surface area contributed by atoms with Gasteiger partial charge in [0.1, 0.15) is 6.54 Å². The number of nitrogens with one attached hydrogen (secondary N) is 1. The summed E-state index contributed by atoms with van der Waals surface area (Å²) in [7, 11) is 0. The second-order valence-electron chi connectivity index (χ2n) is 5.65. The zero-order valence-electron chi connectivity index (χ0n) is 12.1. The van der Waals surface area contributed by atoms with E-state index in [2.05, 4.69) is 5.32 Å². The molecule has 0 aromatic carbocycles. The number of carbonyl (C=O) groups excluding carboxylic acids is 1. The van der Waals surface area contributed by atoms with Crippen molar-refractivity contribution in [3.05, 3.63) is 20.7 Å². The van der Waals surface area contributed by atoms with Crippen LogP contribution in [0.2, 0.25) is 0 Å². The summed E-state index contributed by atoms with van der Waals surface area (Å²) < 4.78 is 1.40. The lowest BCUT2D eigenvalue weighted by Gasteiger charge is -2.33. The number of hydrogen-bond donors (Lipinski definition) is 2. The van der Waals surface area contributed by atoms with E-state index in [0.29, 0.717) is 12.8 Å². The zero-order valence-corrected chi connectivity index (χ0v) is 12.9. The molecule has 6 nitrogen and oxygen atoms in total. The third-order valence-electron chi connectivity index (χ3n) is 4.17. The van der Waals surface area contributed by atoms with Crippen molar-refractivity contribution < 1.29 is 14.7 Å². The normalized spacial score (nSPS) is 17.4. The average molecular weight is 312 g/mol. The van der Waals surface area contributed by atoms with E-state index in [0.717, 1.165) is 36.3 Å². The van der Waals surface area contributed by atoms with Gasteiger partial charge < -0.3 is 10.4 Å². The molecule has 2 rings (SSSR count). The van der Waals surface area contributed by atoms with Crippen LogP contribution in [-0.4, -0.2) is 28.1 Å². The second kappa shape index (κ2) is 6.43. The van der Waals surface area contributed by atoms with E-state index in [-0.39, 0.29) is 23.9 Å². The lowest BCUT2D eigenvalue weighted by molar-refractivity contribution is -0.151. The van der Waals surface area contributed by atoms with Crippen molar-refractivity contribution >= 4 is 23.2 Å². The highest BCUT2D eigenvalue weighted by Crippen LogP contribution is 2.35. The predicted octanol–water partition coefficient (Wildman–Crippen LogP) is 1.37. The molecule has 0 aliphatic heterocycles. The first kappa shape index (κ1) is 15.8. The van der Waals surface area contributed by atoms with Crippen molar-refractivity contribution in [3.63, 3.8) is 0 Å². The number of carboxylic acid groups (broad SMARTS) is 1. The van der Waals surface area contributed by atoms with Gasteiger partial charge in [-0.2, -0.15) is 0 Å². The summed E-state index contributed by atoms with van der Waals surface area (Å²) in [6.45, 7) is 1.86. The van der Waals surface area contributed by atoms with E-state index >= 15 is 0 Å². The highest BCUT2D eigenvalue weighted by molar-refractivity contribution is 7.07. The molecule has 1 amide bonds. The molecule has 1 saturated carbocycles. The molecule has 7 heteroatoms. The van der Waals surface area contributed by atoms with Gasteiger partial charge in [0.05, 0.1) is 5.41 Å². The molecule has 1 fully saturated rings. The van der Waals surface area contributed by atoms with Gasteiger partial charge in [-0.1, -0.05) is 30.6 Å². The number of thiazole rings is 1. The summed E-state index contributed by atoms with van der Waals surface area (Å²) in [5.41, 5.74) is -0.103. The highest BCUT2D eigenvalue weighted by Gasteiger charge is 2.39. The fraction of sp³-hybridized carbons (Fsp3) is 0.643. The Morgan fingerprint density at radius 2 is 2.05 bits per heavy atom. The number of rotatable bonds is 5. The lowest BCUT2D eigenvalue weighted by Crippen LogP contribution is -2.45. The Morgan fingerprint density at radius 3 is 2.57 bits per heavy atom. The molecule has 2 N–H and O–H groups in total. The predicted molar refractivity (Wildman–Crippen MR) is 79.5 cm³/mol. The first-order chi connectivity index (χ1) is 9.94. The van der Waals surface area contributed by atoms with Crippen LogP contribution in [-0.2, 0) is 16.1 Å². The van der Waals surface area contributed by atoms with Crippen LogP contribution in [0.3, 0.4) is 0 Å². The Morgan fingerprint density at radius 1 is 1.38 bits per heavy atom. The molecule has 1 aliphatic rings. The Kier molecular flexibility index (Phi) is 4.82. The SMILES string of the molecule is Cc1csc(=O)n1CC(=O)NCC1(C(=O)O)CCCCC1. The summed E-state index contributed by atoms with van der Waals surface area (Å²) >= 11 is 1.06. The molecule has 1 aromatic rings. The van der Waals surface area contributed by atoms with Crippen molar-refractivity contribution in [2.45, 2.75) is 45.6 Å². The topological polar surface area (TPSA) is 88.4 Å². The third-order valence-corrected chi connectivity index (χ3v) is 5.05. The van der Waals surface area contributed by atoms with Crippen LogP contribution in [0.4, 0.5) is 0 Å². The maximum absolute atomic E-state index is 12.0. The minimum atomic E-state index is -0.845. The molecular formula is C14H20N2O4S. The number of hydrogen-bond acceptors (Lipinski definition) is 4. The number of amides is 1. The molecule has 0 spiro atoms. The number of aryl methyl sites for hydroxylation is 1. The zero-order chi connectivity index (χ0) is 15.5. The van der Waals surface area contributed by atoms with E-state index < -0.39 is 11.4 Å². The molecular weight excluding hydrogens is 292 g/mol. The van der Waals surface area contributed by atoms with Gasteiger partial charge in [0, 0.05) is 17.6 Å². The second-order valence-corrected chi connectivity index (χ2v) is 6.47. The van der Waals surface area contributed by atoms with Crippen molar-refractivity contribution in [2.75, 3.05) is 6.54 Å². The number of nitrogens with zero attached hydrogens (tertiary/aromatic N) is 1. The Bertz CT molecular complexity index is 584. The van der Waals surface area contributed by atoms with E-state index in [1.165, 1.54) is 4.57 Å². The fourth-order valence-corrected chi connectivity index (χ4v) is 3.49. The minimum absolute atomic E-state index is 0.0517. The smallest absolute Gasteiger partial charge is 0.311 e. The maximum Gasteiger partial charge on any atom is 0.311 e. The van der Waals surface area contributed by atoms with Gasteiger partial charge in [0.2, 0.25) is 5.91 Å². The molecule has 116 valence electrons. The Hall–Kier alpha value is -1.63. The molecule has 0 saturated heterocycles. The van der Waals surface area contributed by atoms with Gasteiger partial charge in [-0.3, -0.25) is 19.0 Å². The van der Waals surface area contributed by atoms with Gasteiger partial charge in [0.15, 0.2) is 0 Å². The average Bonchev–Trinajstić information content (AvgIpc) is 2.78. The van der Waals surface area contributed by atoms with E-state index in [1.807, 2.05) is 0 Å². The summed E-state index contributed by atoms with van der Waals surface area (Å²) in [5, 5.41) is 13.8. The number of aliphatic carboxylic acids is 1. The third kappa shape index (κ3) is 3.53. The molecule has 0 unspecified atom stereocenters. The lowest BCUT2D eigenvalue weighted by atomic mass is 9.74. The van der Waals surface area contributed by atoms with E-state index in [1.54, 1.807) is 12.3 Å². The van der Waals surface area contributed by atoms with Crippen LogP contribution < -0.4 is 10.2 Å². The van der Waals surface area contributed by atoms with Gasteiger partial charge in [-0.25, -0.2) is 0 Å². The molecule has 0 atom stereocenters. The van der Waals surface area contributed by atoms with Gasteiger partial charge in [0.25, 0.3) is 0 Å². The van der Waals surface area contributed by atoms with E-state index in [4.69, 9.17) is 0 Å². The van der Waals surface area contributed by atoms with Crippen LogP contribution in [0, 0.1) is 12.3 Å². The summed E-state index contributed by atoms with van der Waals surface area (Å²) in [6.07, 6.45) is 4.00. The van der Waals surface area contributed by atoms with Gasteiger partial charge in [-0.15, -0.1) is 0 Å². The van der Waals surface area contributed by atoms with Crippen molar-refractivity contribution in [1.82, 2.24) is 9.88 Å². The highest BCUT2D eigenvalue weighted by atomic mass is 32.1. The molecule has 0 bridgehead atoms.